The van der Waals surface area contributed by atoms with Gasteiger partial charge in [-0.2, -0.15) is 0 Å². The van der Waals surface area contributed by atoms with E-state index in [1.807, 2.05) is 38.1 Å². The smallest absolute Gasteiger partial charge is 0.277 e. The van der Waals surface area contributed by atoms with Crippen molar-refractivity contribution in [3.8, 4) is 17.2 Å². The van der Waals surface area contributed by atoms with Crippen LogP contribution in [0.5, 0.6) is 5.75 Å². The largest absolute Gasteiger partial charge is 0.495 e. The molecule has 1 amide bonds. The molecule has 1 aromatic heterocycles. The van der Waals surface area contributed by atoms with Gasteiger partial charge in [0.25, 0.3) is 5.22 Å². The standard InChI is InChI=1S/C20H20ClN3O3S/c1-11-7-5-6-8-14(11)19-23-24-20(27-19)28-13(3)18(25)22-16-9-12(2)15(21)10-17(16)26-4/h5-10,13H,1-4H3,(H,22,25)/t13-/m1/s1. The van der Waals surface area contributed by atoms with Gasteiger partial charge in [-0.05, 0) is 44.0 Å². The third-order valence-electron chi connectivity index (χ3n) is 4.17. The fourth-order valence-corrected chi connectivity index (χ4v) is 3.39. The maximum absolute atomic E-state index is 12.6. The highest BCUT2D eigenvalue weighted by molar-refractivity contribution is 8.00. The minimum absolute atomic E-state index is 0.208. The zero-order valence-corrected chi connectivity index (χ0v) is 17.5. The van der Waals surface area contributed by atoms with Crippen LogP contribution in [0.25, 0.3) is 11.5 Å². The second kappa shape index (κ2) is 8.67. The molecule has 0 spiro atoms. The molecule has 0 aliphatic rings. The summed E-state index contributed by atoms with van der Waals surface area (Å²) in [5.41, 5.74) is 3.32. The molecule has 1 heterocycles. The summed E-state index contributed by atoms with van der Waals surface area (Å²) in [6, 6.07) is 11.2. The normalized spacial score (nSPS) is 11.9. The van der Waals surface area contributed by atoms with E-state index < -0.39 is 5.25 Å². The first-order valence-corrected chi connectivity index (χ1v) is 9.86. The van der Waals surface area contributed by atoms with Gasteiger partial charge >= 0.3 is 0 Å². The van der Waals surface area contributed by atoms with Crippen molar-refractivity contribution >= 4 is 35.0 Å². The highest BCUT2D eigenvalue weighted by Crippen LogP contribution is 2.32. The molecule has 2 aromatic carbocycles. The average Bonchev–Trinajstić information content (AvgIpc) is 3.13. The van der Waals surface area contributed by atoms with Gasteiger partial charge in [-0.3, -0.25) is 4.79 Å². The highest BCUT2D eigenvalue weighted by Gasteiger charge is 2.21. The quantitative estimate of drug-likeness (QED) is 0.560. The van der Waals surface area contributed by atoms with E-state index in [1.165, 1.54) is 18.9 Å². The van der Waals surface area contributed by atoms with E-state index in [-0.39, 0.29) is 5.91 Å². The van der Waals surface area contributed by atoms with E-state index in [1.54, 1.807) is 19.1 Å². The van der Waals surface area contributed by atoms with Gasteiger partial charge < -0.3 is 14.5 Å². The number of carbonyl (C=O) groups excluding carboxylic acids is 1. The van der Waals surface area contributed by atoms with Gasteiger partial charge in [-0.1, -0.05) is 41.6 Å². The summed E-state index contributed by atoms with van der Waals surface area (Å²) >= 11 is 7.30. The van der Waals surface area contributed by atoms with Crippen LogP contribution in [0, 0.1) is 13.8 Å². The first-order chi connectivity index (χ1) is 13.4. The molecule has 146 valence electrons. The number of nitrogens with one attached hydrogen (secondary N) is 1. The molecule has 0 fully saturated rings. The monoisotopic (exact) mass is 417 g/mol. The number of rotatable bonds is 6. The summed E-state index contributed by atoms with van der Waals surface area (Å²) < 4.78 is 11.0. The molecule has 1 N–H and O–H groups in total. The lowest BCUT2D eigenvalue weighted by molar-refractivity contribution is -0.115. The molecule has 28 heavy (non-hydrogen) atoms. The van der Waals surface area contributed by atoms with Gasteiger partial charge in [0.15, 0.2) is 0 Å². The number of methoxy groups -OCH3 is 1. The second-order valence-electron chi connectivity index (χ2n) is 6.24. The number of hydrogen-bond acceptors (Lipinski definition) is 6. The molecule has 3 rings (SSSR count). The third kappa shape index (κ3) is 4.48. The molecule has 0 radical (unpaired) electrons. The van der Waals surface area contributed by atoms with Crippen molar-refractivity contribution in [1.82, 2.24) is 10.2 Å². The molecular formula is C20H20ClN3O3S. The van der Waals surface area contributed by atoms with Gasteiger partial charge in [0.05, 0.1) is 18.0 Å². The lowest BCUT2D eigenvalue weighted by Gasteiger charge is -2.14. The van der Waals surface area contributed by atoms with Crippen molar-refractivity contribution < 1.29 is 13.9 Å². The average molecular weight is 418 g/mol. The van der Waals surface area contributed by atoms with Crippen LogP contribution in [0.4, 0.5) is 5.69 Å². The van der Waals surface area contributed by atoms with Crippen LogP contribution >= 0.6 is 23.4 Å². The summed E-state index contributed by atoms with van der Waals surface area (Å²) in [6.45, 7) is 5.61. The number of amides is 1. The molecule has 0 aliphatic heterocycles. The van der Waals surface area contributed by atoms with E-state index in [0.29, 0.717) is 27.6 Å². The van der Waals surface area contributed by atoms with E-state index >= 15 is 0 Å². The minimum Gasteiger partial charge on any atom is -0.495 e. The summed E-state index contributed by atoms with van der Waals surface area (Å²) in [6.07, 6.45) is 0. The molecule has 0 saturated heterocycles. The number of hydrogen-bond donors (Lipinski definition) is 1. The van der Waals surface area contributed by atoms with Gasteiger partial charge in [-0.15, -0.1) is 10.2 Å². The van der Waals surface area contributed by atoms with E-state index in [0.717, 1.165) is 16.7 Å². The molecular weight excluding hydrogens is 398 g/mol. The van der Waals surface area contributed by atoms with Gasteiger partial charge in [-0.25, -0.2) is 0 Å². The van der Waals surface area contributed by atoms with Crippen molar-refractivity contribution in [2.75, 3.05) is 12.4 Å². The number of thioether (sulfide) groups is 1. The number of aromatic nitrogens is 2. The van der Waals surface area contributed by atoms with Crippen LogP contribution in [-0.2, 0) is 4.79 Å². The lowest BCUT2D eigenvalue weighted by Crippen LogP contribution is -2.22. The Morgan fingerprint density at radius 3 is 2.68 bits per heavy atom. The predicted octanol–water partition coefficient (Wildman–Crippen LogP) is 5.13. The zero-order chi connectivity index (χ0) is 20.3. The highest BCUT2D eigenvalue weighted by atomic mass is 35.5. The fraction of sp³-hybridized carbons (Fsp3) is 0.250. The Labute approximate surface area is 172 Å². The van der Waals surface area contributed by atoms with E-state index in [9.17, 15) is 4.79 Å². The second-order valence-corrected chi connectivity index (χ2v) is 7.94. The Morgan fingerprint density at radius 1 is 1.21 bits per heavy atom. The van der Waals surface area contributed by atoms with Gasteiger partial charge in [0.2, 0.25) is 11.8 Å². The van der Waals surface area contributed by atoms with Crippen LogP contribution < -0.4 is 10.1 Å². The van der Waals surface area contributed by atoms with Crippen LogP contribution in [0.1, 0.15) is 18.1 Å². The van der Waals surface area contributed by atoms with E-state index in [4.69, 9.17) is 20.8 Å². The van der Waals surface area contributed by atoms with Crippen molar-refractivity contribution in [1.29, 1.82) is 0 Å². The van der Waals surface area contributed by atoms with Crippen LogP contribution in [0.2, 0.25) is 5.02 Å². The molecule has 0 bridgehead atoms. The Kier molecular flexibility index (Phi) is 6.26. The maximum Gasteiger partial charge on any atom is 0.277 e. The fourth-order valence-electron chi connectivity index (χ4n) is 2.55. The topological polar surface area (TPSA) is 77.2 Å². The van der Waals surface area contributed by atoms with Crippen molar-refractivity contribution in [2.45, 2.75) is 31.2 Å². The van der Waals surface area contributed by atoms with Crippen LogP contribution in [0.15, 0.2) is 46.0 Å². The first-order valence-electron chi connectivity index (χ1n) is 8.60. The molecule has 6 nitrogen and oxygen atoms in total. The minimum atomic E-state index is -0.453. The molecule has 0 saturated carbocycles. The number of nitrogens with zero attached hydrogens (tertiary/aromatic N) is 2. The van der Waals surface area contributed by atoms with Crippen LogP contribution in [0.3, 0.4) is 0 Å². The number of ether oxygens (including phenoxy) is 1. The molecule has 0 aliphatic carbocycles. The maximum atomic E-state index is 12.6. The van der Waals surface area contributed by atoms with Crippen molar-refractivity contribution in [3.63, 3.8) is 0 Å². The zero-order valence-electron chi connectivity index (χ0n) is 15.9. The van der Waals surface area contributed by atoms with Gasteiger partial charge in [0, 0.05) is 16.7 Å². The van der Waals surface area contributed by atoms with Crippen molar-refractivity contribution in [3.05, 3.63) is 52.5 Å². The summed E-state index contributed by atoms with van der Waals surface area (Å²) in [5.74, 6) is 0.727. The molecule has 3 aromatic rings. The SMILES string of the molecule is COc1cc(Cl)c(C)cc1NC(=O)[C@@H](C)Sc1nnc(-c2ccccc2C)o1. The summed E-state index contributed by atoms with van der Waals surface area (Å²) in [7, 11) is 1.53. The number of halogens is 1. The van der Waals surface area contributed by atoms with E-state index in [2.05, 4.69) is 15.5 Å². The third-order valence-corrected chi connectivity index (χ3v) is 5.51. The Bertz CT molecular complexity index is 1010. The molecule has 1 atom stereocenters. The Hall–Kier alpha value is -2.51. The predicted molar refractivity (Wildman–Crippen MR) is 111 cm³/mol. The number of anilines is 1. The first kappa shape index (κ1) is 20.2. The summed E-state index contributed by atoms with van der Waals surface area (Å²) in [4.78, 5) is 12.6. The number of benzene rings is 2. The Balaban J connectivity index is 1.70. The Morgan fingerprint density at radius 2 is 1.96 bits per heavy atom. The molecule has 0 unspecified atom stereocenters. The molecule has 8 heteroatoms. The number of aryl methyl sites for hydroxylation is 2. The van der Waals surface area contributed by atoms with Crippen molar-refractivity contribution in [2.24, 2.45) is 0 Å². The van der Waals surface area contributed by atoms with Crippen LogP contribution in [-0.4, -0.2) is 28.5 Å². The number of carbonyl (C=O) groups is 1. The van der Waals surface area contributed by atoms with Gasteiger partial charge in [0.1, 0.15) is 5.75 Å². The lowest BCUT2D eigenvalue weighted by atomic mass is 10.1. The summed E-state index contributed by atoms with van der Waals surface area (Å²) in [5, 5.41) is 11.5.